The van der Waals surface area contributed by atoms with Gasteiger partial charge in [0.25, 0.3) is 0 Å². The van der Waals surface area contributed by atoms with Crippen LogP contribution in [0, 0.1) is 0 Å². The van der Waals surface area contributed by atoms with E-state index in [-0.39, 0.29) is 0 Å². The van der Waals surface area contributed by atoms with Crippen molar-refractivity contribution in [2.75, 3.05) is 6.26 Å². The van der Waals surface area contributed by atoms with E-state index in [2.05, 4.69) is 34.4 Å². The molecule has 2 aromatic carbocycles. The van der Waals surface area contributed by atoms with Crippen molar-refractivity contribution in [3.8, 4) is 17.1 Å². The SMILES string of the molecule is CSc1ccccc1OCc1ccccc1-c1ncc[nH]1. The summed E-state index contributed by atoms with van der Waals surface area (Å²) in [7, 11) is 0. The van der Waals surface area contributed by atoms with Crippen LogP contribution in [0.1, 0.15) is 5.56 Å². The van der Waals surface area contributed by atoms with Crippen molar-refractivity contribution < 1.29 is 4.74 Å². The van der Waals surface area contributed by atoms with Crippen LogP contribution in [0.15, 0.2) is 65.8 Å². The fourth-order valence-electron chi connectivity index (χ4n) is 2.18. The number of para-hydroxylation sites is 1. The van der Waals surface area contributed by atoms with E-state index in [1.807, 2.05) is 36.5 Å². The Morgan fingerprint density at radius 3 is 2.71 bits per heavy atom. The van der Waals surface area contributed by atoms with Crippen molar-refractivity contribution in [2.24, 2.45) is 0 Å². The predicted molar refractivity (Wildman–Crippen MR) is 86.6 cm³/mol. The summed E-state index contributed by atoms with van der Waals surface area (Å²) in [5.74, 6) is 1.78. The Bertz CT molecular complexity index is 710. The van der Waals surface area contributed by atoms with Crippen LogP contribution >= 0.6 is 11.8 Å². The zero-order valence-corrected chi connectivity index (χ0v) is 12.6. The summed E-state index contributed by atoms with van der Waals surface area (Å²) in [5, 5.41) is 0. The molecule has 0 saturated carbocycles. The molecule has 0 bridgehead atoms. The highest BCUT2D eigenvalue weighted by Gasteiger charge is 2.08. The lowest BCUT2D eigenvalue weighted by Gasteiger charge is -2.12. The van der Waals surface area contributed by atoms with E-state index in [4.69, 9.17) is 4.74 Å². The largest absolute Gasteiger partial charge is 0.488 e. The van der Waals surface area contributed by atoms with Gasteiger partial charge < -0.3 is 9.72 Å². The van der Waals surface area contributed by atoms with E-state index >= 15 is 0 Å². The van der Waals surface area contributed by atoms with Crippen molar-refractivity contribution in [1.82, 2.24) is 9.97 Å². The minimum Gasteiger partial charge on any atom is -0.488 e. The van der Waals surface area contributed by atoms with Crippen LogP contribution in [0.4, 0.5) is 0 Å². The molecule has 0 aliphatic carbocycles. The number of ether oxygens (including phenoxy) is 1. The zero-order valence-electron chi connectivity index (χ0n) is 11.7. The standard InChI is InChI=1S/C17H16N2OS/c1-21-16-9-5-4-8-15(16)20-12-13-6-2-3-7-14(13)17-18-10-11-19-17/h2-11H,12H2,1H3,(H,18,19). The monoisotopic (exact) mass is 296 g/mol. The molecule has 0 aliphatic rings. The van der Waals surface area contributed by atoms with E-state index in [1.165, 1.54) is 0 Å². The number of hydrogen-bond acceptors (Lipinski definition) is 3. The Labute approximate surface area is 128 Å². The predicted octanol–water partition coefficient (Wildman–Crippen LogP) is 4.38. The fraction of sp³-hybridized carbons (Fsp3) is 0.118. The lowest BCUT2D eigenvalue weighted by atomic mass is 10.1. The summed E-state index contributed by atoms with van der Waals surface area (Å²) in [5.41, 5.74) is 2.19. The second-order valence-electron chi connectivity index (χ2n) is 4.53. The molecule has 0 spiro atoms. The van der Waals surface area contributed by atoms with Crippen LogP contribution in [0.3, 0.4) is 0 Å². The summed E-state index contributed by atoms with van der Waals surface area (Å²) in [6.07, 6.45) is 5.64. The number of aromatic amines is 1. The molecular weight excluding hydrogens is 280 g/mol. The maximum atomic E-state index is 5.99. The van der Waals surface area contributed by atoms with Gasteiger partial charge in [0, 0.05) is 28.4 Å². The van der Waals surface area contributed by atoms with Crippen LogP contribution in [0.5, 0.6) is 5.75 Å². The molecular formula is C17H16N2OS. The number of hydrogen-bond donors (Lipinski definition) is 1. The topological polar surface area (TPSA) is 37.9 Å². The van der Waals surface area contributed by atoms with E-state index in [0.717, 1.165) is 27.6 Å². The van der Waals surface area contributed by atoms with E-state index in [9.17, 15) is 0 Å². The number of rotatable bonds is 5. The Morgan fingerprint density at radius 2 is 1.90 bits per heavy atom. The van der Waals surface area contributed by atoms with Gasteiger partial charge in [-0.1, -0.05) is 36.4 Å². The van der Waals surface area contributed by atoms with Gasteiger partial charge in [-0.05, 0) is 18.4 Å². The Hall–Kier alpha value is -2.20. The summed E-state index contributed by atoms with van der Waals surface area (Å²) in [4.78, 5) is 8.61. The van der Waals surface area contributed by atoms with Crippen LogP contribution in [-0.2, 0) is 6.61 Å². The maximum absolute atomic E-state index is 5.99. The molecule has 3 aromatic rings. The minimum absolute atomic E-state index is 0.522. The lowest BCUT2D eigenvalue weighted by Crippen LogP contribution is -1.99. The van der Waals surface area contributed by atoms with E-state index < -0.39 is 0 Å². The van der Waals surface area contributed by atoms with Gasteiger partial charge in [-0.3, -0.25) is 0 Å². The van der Waals surface area contributed by atoms with Crippen molar-refractivity contribution in [3.63, 3.8) is 0 Å². The quantitative estimate of drug-likeness (QED) is 0.710. The van der Waals surface area contributed by atoms with Crippen LogP contribution in [0.25, 0.3) is 11.4 Å². The minimum atomic E-state index is 0.522. The van der Waals surface area contributed by atoms with Crippen molar-refractivity contribution in [3.05, 3.63) is 66.5 Å². The van der Waals surface area contributed by atoms with Gasteiger partial charge >= 0.3 is 0 Å². The summed E-state index contributed by atoms with van der Waals surface area (Å²) >= 11 is 1.69. The molecule has 0 atom stereocenters. The number of nitrogens with zero attached hydrogens (tertiary/aromatic N) is 1. The smallest absolute Gasteiger partial charge is 0.137 e. The van der Waals surface area contributed by atoms with Crippen molar-refractivity contribution >= 4 is 11.8 Å². The Balaban J connectivity index is 1.83. The highest BCUT2D eigenvalue weighted by molar-refractivity contribution is 7.98. The molecule has 1 heterocycles. The average molecular weight is 296 g/mol. The number of H-pyrrole nitrogens is 1. The second-order valence-corrected chi connectivity index (χ2v) is 5.38. The molecule has 106 valence electrons. The normalized spacial score (nSPS) is 10.5. The van der Waals surface area contributed by atoms with Gasteiger partial charge in [-0.15, -0.1) is 11.8 Å². The third-order valence-electron chi connectivity index (χ3n) is 3.22. The third kappa shape index (κ3) is 3.11. The molecule has 3 rings (SSSR count). The number of nitrogens with one attached hydrogen (secondary N) is 1. The first-order chi connectivity index (χ1) is 10.4. The molecule has 0 fully saturated rings. The van der Waals surface area contributed by atoms with E-state index in [0.29, 0.717) is 6.61 Å². The third-order valence-corrected chi connectivity index (χ3v) is 4.00. The highest BCUT2D eigenvalue weighted by Crippen LogP contribution is 2.28. The van der Waals surface area contributed by atoms with Gasteiger partial charge in [0.05, 0.1) is 0 Å². The van der Waals surface area contributed by atoms with Gasteiger partial charge in [0.15, 0.2) is 0 Å². The number of thioether (sulfide) groups is 1. The Morgan fingerprint density at radius 1 is 1.10 bits per heavy atom. The zero-order chi connectivity index (χ0) is 14.5. The molecule has 0 unspecified atom stereocenters. The number of aromatic nitrogens is 2. The molecule has 0 aliphatic heterocycles. The van der Waals surface area contributed by atoms with Crippen LogP contribution in [0.2, 0.25) is 0 Å². The highest BCUT2D eigenvalue weighted by atomic mass is 32.2. The van der Waals surface area contributed by atoms with Gasteiger partial charge in [0.1, 0.15) is 18.2 Å². The molecule has 1 aromatic heterocycles. The van der Waals surface area contributed by atoms with Gasteiger partial charge in [0.2, 0.25) is 0 Å². The molecule has 21 heavy (non-hydrogen) atoms. The molecule has 4 heteroatoms. The van der Waals surface area contributed by atoms with E-state index in [1.54, 1.807) is 18.0 Å². The summed E-state index contributed by atoms with van der Waals surface area (Å²) in [6, 6.07) is 16.2. The molecule has 3 nitrogen and oxygen atoms in total. The first-order valence-corrected chi connectivity index (χ1v) is 7.94. The van der Waals surface area contributed by atoms with Gasteiger partial charge in [-0.2, -0.15) is 0 Å². The molecule has 0 saturated heterocycles. The summed E-state index contributed by atoms with van der Waals surface area (Å²) in [6.45, 7) is 0.522. The fourth-order valence-corrected chi connectivity index (χ4v) is 2.73. The first kappa shape index (κ1) is 13.8. The average Bonchev–Trinajstić information content (AvgIpc) is 3.08. The van der Waals surface area contributed by atoms with Gasteiger partial charge in [-0.25, -0.2) is 4.98 Å². The van der Waals surface area contributed by atoms with Crippen molar-refractivity contribution in [2.45, 2.75) is 11.5 Å². The first-order valence-electron chi connectivity index (χ1n) is 6.72. The van der Waals surface area contributed by atoms with Crippen LogP contribution in [-0.4, -0.2) is 16.2 Å². The second kappa shape index (κ2) is 6.50. The van der Waals surface area contributed by atoms with Crippen molar-refractivity contribution in [1.29, 1.82) is 0 Å². The molecule has 1 N–H and O–H groups in total. The maximum Gasteiger partial charge on any atom is 0.137 e. The number of imidazole rings is 1. The molecule has 0 amide bonds. The summed E-state index contributed by atoms with van der Waals surface area (Å²) < 4.78 is 5.99. The number of benzene rings is 2. The molecule has 0 radical (unpaired) electrons. The van der Waals surface area contributed by atoms with Crippen LogP contribution < -0.4 is 4.74 Å². The lowest BCUT2D eigenvalue weighted by molar-refractivity contribution is 0.299. The Kier molecular flexibility index (Phi) is 4.26.